The van der Waals surface area contributed by atoms with Crippen molar-refractivity contribution in [1.29, 1.82) is 0 Å². The number of imidazole rings is 1. The van der Waals surface area contributed by atoms with Crippen molar-refractivity contribution in [2.24, 2.45) is 0 Å². The van der Waals surface area contributed by atoms with E-state index in [-0.39, 0.29) is 30.3 Å². The van der Waals surface area contributed by atoms with Gasteiger partial charge in [-0.05, 0) is 64.1 Å². The number of carbonyl (C=O) groups is 2. The average Bonchev–Trinajstić information content (AvgIpc) is 3.09. The largest absolute Gasteiger partial charge is 0.372 e. The van der Waals surface area contributed by atoms with E-state index in [0.29, 0.717) is 30.2 Å². The minimum absolute atomic E-state index is 0.0274. The third-order valence-corrected chi connectivity index (χ3v) is 5.62. The number of pyridine rings is 1. The summed E-state index contributed by atoms with van der Waals surface area (Å²) in [5.74, 6) is -0.187. The summed E-state index contributed by atoms with van der Waals surface area (Å²) in [5.41, 5.74) is 2.94. The number of carbonyl (C=O) groups excluding carboxylic acids is 2. The van der Waals surface area contributed by atoms with E-state index < -0.39 is 0 Å². The lowest BCUT2D eigenvalue weighted by Crippen LogP contribution is -2.23. The third-order valence-electron chi connectivity index (χ3n) is 5.62. The number of hydrogen-bond donors (Lipinski definition) is 2. The molecule has 0 atom stereocenters. The van der Waals surface area contributed by atoms with Crippen molar-refractivity contribution in [3.05, 3.63) is 46.9 Å². The molecule has 176 valence electrons. The number of fused-ring (bicyclic) bond motifs is 1. The lowest BCUT2D eigenvalue weighted by atomic mass is 10.2. The van der Waals surface area contributed by atoms with Gasteiger partial charge in [-0.3, -0.25) is 18.7 Å². The minimum Gasteiger partial charge on any atom is -0.372 e. The highest BCUT2D eigenvalue weighted by Crippen LogP contribution is 2.18. The highest BCUT2D eigenvalue weighted by atomic mass is 16.2. The van der Waals surface area contributed by atoms with E-state index in [4.69, 9.17) is 0 Å². The fourth-order valence-corrected chi connectivity index (χ4v) is 3.85. The van der Waals surface area contributed by atoms with Gasteiger partial charge in [-0.2, -0.15) is 0 Å². The Bertz CT molecular complexity index is 1180. The Morgan fingerprint density at radius 3 is 2.03 bits per heavy atom. The maximum atomic E-state index is 12.4. The first-order valence-electron chi connectivity index (χ1n) is 11.5. The van der Waals surface area contributed by atoms with E-state index in [1.807, 2.05) is 38.1 Å². The molecule has 2 aromatic heterocycles. The molecule has 9 nitrogen and oxygen atoms in total. The van der Waals surface area contributed by atoms with Crippen LogP contribution in [0.4, 0.5) is 17.2 Å². The molecule has 9 heteroatoms. The summed E-state index contributed by atoms with van der Waals surface area (Å²) in [5, 5.41) is 5.55. The molecule has 2 N–H and O–H groups in total. The number of rotatable bonds is 10. The minimum atomic E-state index is -0.311. The maximum absolute atomic E-state index is 12.4. The summed E-state index contributed by atoms with van der Waals surface area (Å²) in [7, 11) is 0. The van der Waals surface area contributed by atoms with Crippen molar-refractivity contribution in [2.45, 2.75) is 53.6 Å². The quantitative estimate of drug-likeness (QED) is 0.491. The second kappa shape index (κ2) is 10.8. The smallest absolute Gasteiger partial charge is 0.330 e. The molecule has 0 fully saturated rings. The number of anilines is 3. The zero-order chi connectivity index (χ0) is 24.0. The first kappa shape index (κ1) is 24.0. The van der Waals surface area contributed by atoms with Gasteiger partial charge < -0.3 is 15.5 Å². The third kappa shape index (κ3) is 5.42. The average molecular weight is 453 g/mol. The summed E-state index contributed by atoms with van der Waals surface area (Å²) in [6, 6.07) is 11.1. The van der Waals surface area contributed by atoms with E-state index in [1.165, 1.54) is 0 Å². The standard InChI is InChI=1S/C24H32N6O3/c1-5-28(6-2)18-11-9-17(10-12-18)25-21(31)15-16-22(32)26-20-14-13-19-23(27-20)30(8-4)24(33)29(19)7-3/h9-14H,5-8,15-16H2,1-4H3,(H,25,31)(H,26,27,32). The van der Waals surface area contributed by atoms with Gasteiger partial charge in [-0.1, -0.05) is 0 Å². The highest BCUT2D eigenvalue weighted by Gasteiger charge is 2.14. The predicted octanol–water partition coefficient (Wildman–Crippen LogP) is 3.44. The number of amides is 2. The van der Waals surface area contributed by atoms with Gasteiger partial charge in [0.1, 0.15) is 5.82 Å². The van der Waals surface area contributed by atoms with Crippen LogP contribution in [0.2, 0.25) is 0 Å². The summed E-state index contributed by atoms with van der Waals surface area (Å²) in [6.45, 7) is 10.8. The molecular formula is C24H32N6O3. The van der Waals surface area contributed by atoms with Crippen LogP contribution in [-0.2, 0) is 22.7 Å². The fourth-order valence-electron chi connectivity index (χ4n) is 3.85. The van der Waals surface area contributed by atoms with E-state index >= 15 is 0 Å². The lowest BCUT2D eigenvalue weighted by molar-refractivity contribution is -0.121. The van der Waals surface area contributed by atoms with Gasteiger partial charge in [0.05, 0.1) is 5.52 Å². The Hall–Kier alpha value is -3.62. The Labute approximate surface area is 193 Å². The molecule has 3 rings (SSSR count). The Morgan fingerprint density at radius 2 is 1.45 bits per heavy atom. The van der Waals surface area contributed by atoms with Crippen LogP contribution < -0.4 is 21.2 Å². The van der Waals surface area contributed by atoms with Crippen LogP contribution in [0.3, 0.4) is 0 Å². The topological polar surface area (TPSA) is 101 Å². The van der Waals surface area contributed by atoms with Crippen molar-refractivity contribution < 1.29 is 9.59 Å². The van der Waals surface area contributed by atoms with Crippen molar-refractivity contribution in [3.63, 3.8) is 0 Å². The molecule has 1 aromatic carbocycles. The maximum Gasteiger partial charge on any atom is 0.330 e. The number of hydrogen-bond acceptors (Lipinski definition) is 5. The predicted molar refractivity (Wildman–Crippen MR) is 132 cm³/mol. The molecule has 33 heavy (non-hydrogen) atoms. The molecule has 0 spiro atoms. The molecule has 3 aromatic rings. The van der Waals surface area contributed by atoms with Crippen LogP contribution in [0, 0.1) is 0 Å². The molecule has 0 bridgehead atoms. The Kier molecular flexibility index (Phi) is 7.87. The van der Waals surface area contributed by atoms with Crippen LogP contribution in [0.15, 0.2) is 41.2 Å². The molecular weight excluding hydrogens is 420 g/mol. The van der Waals surface area contributed by atoms with E-state index in [2.05, 4.69) is 34.4 Å². The van der Waals surface area contributed by atoms with Crippen LogP contribution in [0.25, 0.3) is 11.2 Å². The van der Waals surface area contributed by atoms with Gasteiger partial charge in [0.2, 0.25) is 11.8 Å². The molecule has 0 radical (unpaired) electrons. The number of aromatic nitrogens is 3. The van der Waals surface area contributed by atoms with Crippen LogP contribution in [0.1, 0.15) is 40.5 Å². The van der Waals surface area contributed by atoms with E-state index in [1.54, 1.807) is 21.3 Å². The molecule has 0 aliphatic carbocycles. The molecule has 0 aliphatic heterocycles. The van der Waals surface area contributed by atoms with Gasteiger partial charge in [-0.15, -0.1) is 0 Å². The summed E-state index contributed by atoms with van der Waals surface area (Å²) >= 11 is 0. The molecule has 0 aliphatic rings. The van der Waals surface area contributed by atoms with Crippen molar-refractivity contribution in [2.75, 3.05) is 28.6 Å². The second-order valence-electron chi connectivity index (χ2n) is 7.63. The first-order chi connectivity index (χ1) is 15.9. The van der Waals surface area contributed by atoms with E-state index in [0.717, 1.165) is 24.3 Å². The fraction of sp³-hybridized carbons (Fsp3) is 0.417. The molecule has 0 saturated carbocycles. The van der Waals surface area contributed by atoms with Gasteiger partial charge in [-0.25, -0.2) is 9.78 Å². The summed E-state index contributed by atoms with van der Waals surface area (Å²) in [6.07, 6.45) is 0.0807. The number of nitrogens with zero attached hydrogens (tertiary/aromatic N) is 4. The van der Waals surface area contributed by atoms with Crippen LogP contribution in [0.5, 0.6) is 0 Å². The SMILES string of the molecule is CCN(CC)c1ccc(NC(=O)CCC(=O)Nc2ccc3c(n2)n(CC)c(=O)n3CC)cc1. The molecule has 0 saturated heterocycles. The van der Waals surface area contributed by atoms with E-state index in [9.17, 15) is 14.4 Å². The monoisotopic (exact) mass is 452 g/mol. The number of nitrogens with one attached hydrogen (secondary N) is 2. The van der Waals surface area contributed by atoms with Crippen molar-refractivity contribution in [1.82, 2.24) is 14.1 Å². The second-order valence-corrected chi connectivity index (χ2v) is 7.63. The number of aryl methyl sites for hydroxylation is 2. The van der Waals surface area contributed by atoms with Crippen molar-refractivity contribution in [3.8, 4) is 0 Å². The Balaban J connectivity index is 1.57. The van der Waals surface area contributed by atoms with Gasteiger partial charge >= 0.3 is 5.69 Å². The van der Waals surface area contributed by atoms with Gasteiger partial charge in [0.15, 0.2) is 5.65 Å². The van der Waals surface area contributed by atoms with Crippen LogP contribution >= 0.6 is 0 Å². The van der Waals surface area contributed by atoms with Crippen LogP contribution in [-0.4, -0.2) is 39.0 Å². The normalized spacial score (nSPS) is 10.9. The first-order valence-corrected chi connectivity index (χ1v) is 11.5. The zero-order valence-corrected chi connectivity index (χ0v) is 19.7. The van der Waals surface area contributed by atoms with Gasteiger partial charge in [0, 0.05) is 50.4 Å². The molecule has 0 unspecified atom stereocenters. The lowest BCUT2D eigenvalue weighted by Gasteiger charge is -2.21. The molecule has 2 heterocycles. The van der Waals surface area contributed by atoms with Gasteiger partial charge in [0.25, 0.3) is 0 Å². The summed E-state index contributed by atoms with van der Waals surface area (Å²) in [4.78, 5) is 43.8. The summed E-state index contributed by atoms with van der Waals surface area (Å²) < 4.78 is 3.23. The zero-order valence-electron chi connectivity index (χ0n) is 19.7. The highest BCUT2D eigenvalue weighted by molar-refractivity contribution is 5.96. The number of benzene rings is 1. The Morgan fingerprint density at radius 1 is 0.848 bits per heavy atom. The van der Waals surface area contributed by atoms with Crippen molar-refractivity contribution >= 4 is 40.2 Å². The molecule has 2 amide bonds.